The zero-order valence-corrected chi connectivity index (χ0v) is 14.4. The van der Waals surface area contributed by atoms with Crippen molar-refractivity contribution in [2.24, 2.45) is 0 Å². The van der Waals surface area contributed by atoms with Crippen molar-refractivity contribution in [2.45, 2.75) is 25.2 Å². The molecule has 1 aliphatic heterocycles. The molecule has 1 aliphatic carbocycles. The molecule has 1 aromatic carbocycles. The molecular formula is C17H17N3O4S. The summed E-state index contributed by atoms with van der Waals surface area (Å²) in [5.41, 5.74) is 1.26. The second-order valence-electron chi connectivity index (χ2n) is 5.91. The number of anilines is 1. The van der Waals surface area contributed by atoms with Crippen molar-refractivity contribution in [1.29, 1.82) is 0 Å². The number of amides is 2. The van der Waals surface area contributed by atoms with Gasteiger partial charge in [-0.3, -0.25) is 14.9 Å². The molecule has 2 N–H and O–H groups in total. The maximum Gasteiger partial charge on any atom is 0.257 e. The van der Waals surface area contributed by atoms with Crippen LogP contribution in [0.15, 0.2) is 18.2 Å². The predicted octanol–water partition coefficient (Wildman–Crippen LogP) is 2.29. The van der Waals surface area contributed by atoms with Crippen LogP contribution in [0.2, 0.25) is 0 Å². The largest absolute Gasteiger partial charge is 0.454 e. The zero-order chi connectivity index (χ0) is 17.4. The van der Waals surface area contributed by atoms with Gasteiger partial charge in [-0.2, -0.15) is 0 Å². The van der Waals surface area contributed by atoms with E-state index < -0.39 is 0 Å². The van der Waals surface area contributed by atoms with Gasteiger partial charge in [-0.25, -0.2) is 4.98 Å². The van der Waals surface area contributed by atoms with Gasteiger partial charge in [0.25, 0.3) is 5.91 Å². The average molecular weight is 359 g/mol. The molecule has 25 heavy (non-hydrogen) atoms. The van der Waals surface area contributed by atoms with E-state index in [2.05, 4.69) is 15.6 Å². The molecule has 2 heterocycles. The molecule has 7 nitrogen and oxygen atoms in total. The zero-order valence-electron chi connectivity index (χ0n) is 13.6. The molecule has 0 unspecified atom stereocenters. The van der Waals surface area contributed by atoms with E-state index in [4.69, 9.17) is 9.47 Å². The van der Waals surface area contributed by atoms with Crippen LogP contribution in [0.4, 0.5) is 5.13 Å². The topological polar surface area (TPSA) is 89.6 Å². The van der Waals surface area contributed by atoms with Crippen LogP contribution in [0.5, 0.6) is 11.5 Å². The van der Waals surface area contributed by atoms with E-state index in [-0.39, 0.29) is 24.5 Å². The molecule has 1 atom stereocenters. The second kappa shape index (κ2) is 6.36. The van der Waals surface area contributed by atoms with Gasteiger partial charge in [0.1, 0.15) is 0 Å². The number of carbonyl (C=O) groups is 2. The molecule has 4 rings (SSSR count). The van der Waals surface area contributed by atoms with Crippen molar-refractivity contribution < 1.29 is 19.1 Å². The summed E-state index contributed by atoms with van der Waals surface area (Å²) >= 11 is 1.44. The third-order valence-corrected chi connectivity index (χ3v) is 5.42. The van der Waals surface area contributed by atoms with Crippen LogP contribution in [0.3, 0.4) is 0 Å². The number of thiazole rings is 1. The minimum atomic E-state index is -0.263. The summed E-state index contributed by atoms with van der Waals surface area (Å²) in [6, 6.07) is 5.05. The number of hydrogen-bond acceptors (Lipinski definition) is 6. The van der Waals surface area contributed by atoms with Gasteiger partial charge in [0.15, 0.2) is 16.6 Å². The number of carbonyl (C=O) groups excluding carboxylic acids is 2. The molecule has 2 aromatic rings. The minimum absolute atomic E-state index is 0.0279. The van der Waals surface area contributed by atoms with Crippen molar-refractivity contribution in [3.8, 4) is 11.5 Å². The molecule has 0 saturated heterocycles. The quantitative estimate of drug-likeness (QED) is 0.878. The Morgan fingerprint density at radius 3 is 2.96 bits per heavy atom. The van der Waals surface area contributed by atoms with Gasteiger partial charge in [-0.15, -0.1) is 11.3 Å². The van der Waals surface area contributed by atoms with Crippen LogP contribution in [-0.4, -0.2) is 30.6 Å². The van der Waals surface area contributed by atoms with Crippen LogP contribution in [0, 0.1) is 0 Å². The smallest absolute Gasteiger partial charge is 0.257 e. The Kier molecular flexibility index (Phi) is 4.04. The number of ether oxygens (including phenoxy) is 2. The maximum atomic E-state index is 12.5. The summed E-state index contributed by atoms with van der Waals surface area (Å²) < 4.78 is 10.5. The van der Waals surface area contributed by atoms with Crippen molar-refractivity contribution in [1.82, 2.24) is 10.3 Å². The Labute approximate surface area is 148 Å². The Morgan fingerprint density at radius 2 is 2.12 bits per heavy atom. The van der Waals surface area contributed by atoms with Crippen LogP contribution in [-0.2, 0) is 11.2 Å². The first kappa shape index (κ1) is 15.9. The van der Waals surface area contributed by atoms with Gasteiger partial charge in [-0.1, -0.05) is 0 Å². The van der Waals surface area contributed by atoms with E-state index >= 15 is 0 Å². The lowest BCUT2D eigenvalue weighted by molar-refractivity contribution is -0.122. The molecule has 0 bridgehead atoms. The number of rotatable bonds is 3. The van der Waals surface area contributed by atoms with E-state index in [0.717, 1.165) is 29.8 Å². The minimum Gasteiger partial charge on any atom is -0.454 e. The lowest BCUT2D eigenvalue weighted by atomic mass is 9.90. The molecule has 0 spiro atoms. The number of likely N-dealkylation sites (N-methyl/N-ethyl adjacent to an activating group) is 1. The van der Waals surface area contributed by atoms with Crippen LogP contribution < -0.4 is 20.1 Å². The lowest BCUT2D eigenvalue weighted by Gasteiger charge is -2.19. The van der Waals surface area contributed by atoms with Crippen molar-refractivity contribution in [3.63, 3.8) is 0 Å². The first-order valence-corrected chi connectivity index (χ1v) is 8.89. The van der Waals surface area contributed by atoms with Gasteiger partial charge in [-0.05, 0) is 37.5 Å². The summed E-state index contributed by atoms with van der Waals surface area (Å²) in [7, 11) is 1.63. The molecule has 0 saturated carbocycles. The number of nitrogens with one attached hydrogen (secondary N) is 2. The number of aryl methyl sites for hydroxylation is 1. The Morgan fingerprint density at radius 1 is 1.28 bits per heavy atom. The predicted molar refractivity (Wildman–Crippen MR) is 92.4 cm³/mol. The molecule has 2 aliphatic rings. The summed E-state index contributed by atoms with van der Waals surface area (Å²) in [5.74, 6) is 0.669. The third-order valence-electron chi connectivity index (χ3n) is 4.37. The molecule has 8 heteroatoms. The summed E-state index contributed by atoms with van der Waals surface area (Å²) in [5, 5.41) is 6.03. The summed E-state index contributed by atoms with van der Waals surface area (Å²) in [6.45, 7) is 0.167. The Balaban J connectivity index is 1.54. The highest BCUT2D eigenvalue weighted by Gasteiger charge is 2.30. The molecule has 130 valence electrons. The normalized spacial score (nSPS) is 17.7. The lowest BCUT2D eigenvalue weighted by Crippen LogP contribution is -2.28. The fourth-order valence-corrected chi connectivity index (χ4v) is 4.17. The van der Waals surface area contributed by atoms with Gasteiger partial charge in [0.2, 0.25) is 12.7 Å². The van der Waals surface area contributed by atoms with Crippen molar-refractivity contribution >= 4 is 28.3 Å². The SMILES string of the molecule is CNC(=O)[C@@H]1CCCc2sc(NC(=O)c3ccc4c(c3)OCO4)nc21. The first-order chi connectivity index (χ1) is 12.2. The van der Waals surface area contributed by atoms with Crippen LogP contribution in [0.1, 0.15) is 39.7 Å². The van der Waals surface area contributed by atoms with Crippen molar-refractivity contribution in [2.75, 3.05) is 19.2 Å². The average Bonchev–Trinajstić information content (AvgIpc) is 3.25. The first-order valence-electron chi connectivity index (χ1n) is 8.08. The van der Waals surface area contributed by atoms with Gasteiger partial charge in [0, 0.05) is 17.5 Å². The highest BCUT2D eigenvalue weighted by atomic mass is 32.1. The van der Waals surface area contributed by atoms with E-state index in [1.54, 1.807) is 25.2 Å². The van der Waals surface area contributed by atoms with E-state index in [1.807, 2.05) is 0 Å². The van der Waals surface area contributed by atoms with Gasteiger partial charge < -0.3 is 14.8 Å². The van der Waals surface area contributed by atoms with E-state index in [1.165, 1.54) is 11.3 Å². The summed E-state index contributed by atoms with van der Waals surface area (Å²) in [6.07, 6.45) is 2.62. The molecule has 0 fully saturated rings. The van der Waals surface area contributed by atoms with Crippen LogP contribution >= 0.6 is 11.3 Å². The maximum absolute atomic E-state index is 12.5. The standard InChI is InChI=1S/C17H17N3O4S/c1-18-16(22)10-3-2-4-13-14(10)19-17(25-13)20-15(21)9-5-6-11-12(7-9)24-8-23-11/h5-7,10H,2-4,8H2,1H3,(H,18,22)(H,19,20,21)/t10-/m1/s1. The number of aromatic nitrogens is 1. The van der Waals surface area contributed by atoms with Gasteiger partial charge in [0.05, 0.1) is 11.6 Å². The van der Waals surface area contributed by atoms with Gasteiger partial charge >= 0.3 is 0 Å². The van der Waals surface area contributed by atoms with E-state index in [9.17, 15) is 9.59 Å². The summed E-state index contributed by atoms with van der Waals surface area (Å²) in [4.78, 5) is 30.1. The third kappa shape index (κ3) is 2.93. The fraction of sp³-hybridized carbons (Fsp3) is 0.353. The highest BCUT2D eigenvalue weighted by molar-refractivity contribution is 7.15. The second-order valence-corrected chi connectivity index (χ2v) is 6.99. The highest BCUT2D eigenvalue weighted by Crippen LogP contribution is 2.37. The molecule has 2 amide bonds. The van der Waals surface area contributed by atoms with Crippen molar-refractivity contribution in [3.05, 3.63) is 34.3 Å². The Hall–Kier alpha value is -2.61. The fourth-order valence-electron chi connectivity index (χ4n) is 3.11. The number of hydrogen-bond donors (Lipinski definition) is 2. The number of benzene rings is 1. The number of nitrogens with zero attached hydrogens (tertiary/aromatic N) is 1. The number of fused-ring (bicyclic) bond motifs is 2. The molecular weight excluding hydrogens is 342 g/mol. The molecule has 1 aromatic heterocycles. The Bertz CT molecular complexity index is 848. The van der Waals surface area contributed by atoms with Crippen LogP contribution in [0.25, 0.3) is 0 Å². The molecule has 0 radical (unpaired) electrons. The monoisotopic (exact) mass is 359 g/mol. The van der Waals surface area contributed by atoms with E-state index in [0.29, 0.717) is 22.2 Å².